The van der Waals surface area contributed by atoms with Gasteiger partial charge in [0, 0.05) is 23.3 Å². The van der Waals surface area contributed by atoms with Gasteiger partial charge in [0.2, 0.25) is 0 Å². The Balaban J connectivity index is 2.23. The van der Waals surface area contributed by atoms with Crippen LogP contribution >= 0.6 is 23.5 Å². The molecule has 1 unspecified atom stereocenters. The fourth-order valence-corrected chi connectivity index (χ4v) is 4.44. The Morgan fingerprint density at radius 3 is 2.72 bits per heavy atom. The second-order valence-electron chi connectivity index (χ2n) is 3.86. The topological polar surface area (TPSA) is 35.5 Å². The molecule has 0 N–H and O–H groups in total. The Hall–Kier alpha value is -0.810. The third kappa shape index (κ3) is 2.95. The van der Waals surface area contributed by atoms with Gasteiger partial charge in [0.05, 0.1) is 25.0 Å². The summed E-state index contributed by atoms with van der Waals surface area (Å²) in [4.78, 5) is 12.4. The second-order valence-corrected chi connectivity index (χ2v) is 6.33. The molecule has 0 aliphatic carbocycles. The molecule has 1 heterocycles. The molecular formula is C13H16O3S2. The average Bonchev–Trinajstić information content (AvgIpc) is 2.46. The predicted molar refractivity (Wildman–Crippen MR) is 77.4 cm³/mol. The lowest BCUT2D eigenvalue weighted by atomic mass is 10.1. The molecule has 1 atom stereocenters. The molecule has 2 rings (SSSR count). The van der Waals surface area contributed by atoms with Crippen LogP contribution in [0.25, 0.3) is 0 Å². The highest BCUT2D eigenvalue weighted by Gasteiger charge is 2.25. The third-order valence-electron chi connectivity index (χ3n) is 2.78. The van der Waals surface area contributed by atoms with E-state index in [4.69, 9.17) is 9.47 Å². The van der Waals surface area contributed by atoms with Crippen LogP contribution in [0, 0.1) is 0 Å². The summed E-state index contributed by atoms with van der Waals surface area (Å²) < 4.78 is 10.4. The number of carbonyl (C=O) groups is 1. The van der Waals surface area contributed by atoms with E-state index in [0.29, 0.717) is 17.1 Å². The van der Waals surface area contributed by atoms with Crippen molar-refractivity contribution in [1.82, 2.24) is 0 Å². The zero-order chi connectivity index (χ0) is 13.0. The Morgan fingerprint density at radius 2 is 2.11 bits per heavy atom. The number of ketones is 1. The number of hydrogen-bond donors (Lipinski definition) is 0. The summed E-state index contributed by atoms with van der Waals surface area (Å²) in [6, 6.07) is 5.35. The van der Waals surface area contributed by atoms with E-state index in [-0.39, 0.29) is 11.0 Å². The first-order valence-corrected chi connectivity index (χ1v) is 7.92. The van der Waals surface area contributed by atoms with Crippen LogP contribution in [0.15, 0.2) is 18.2 Å². The SMILES string of the molecule is COc1ccc(C(=O)C2CSCCS2)c(OC)c1. The summed E-state index contributed by atoms with van der Waals surface area (Å²) in [7, 11) is 3.18. The van der Waals surface area contributed by atoms with Crippen LogP contribution in [0.5, 0.6) is 11.5 Å². The zero-order valence-corrected chi connectivity index (χ0v) is 12.1. The van der Waals surface area contributed by atoms with Crippen LogP contribution in [0.3, 0.4) is 0 Å². The molecule has 1 aromatic carbocycles. The molecule has 1 saturated heterocycles. The Kier molecular flexibility index (Phi) is 4.83. The molecule has 0 saturated carbocycles. The highest BCUT2D eigenvalue weighted by atomic mass is 32.2. The summed E-state index contributed by atoms with van der Waals surface area (Å²) in [5.74, 6) is 4.52. The molecule has 1 fully saturated rings. The van der Waals surface area contributed by atoms with Gasteiger partial charge in [0.25, 0.3) is 0 Å². The first-order chi connectivity index (χ1) is 8.76. The summed E-state index contributed by atoms with van der Waals surface area (Å²) in [5.41, 5.74) is 0.651. The standard InChI is InChI=1S/C13H16O3S2/c1-15-9-3-4-10(11(7-9)16-2)13(14)12-8-17-5-6-18-12/h3-4,7,12H,5-6,8H2,1-2H3. The van der Waals surface area contributed by atoms with Gasteiger partial charge >= 0.3 is 0 Å². The molecule has 0 aromatic heterocycles. The molecule has 0 spiro atoms. The fraction of sp³-hybridized carbons (Fsp3) is 0.462. The monoisotopic (exact) mass is 284 g/mol. The molecule has 0 radical (unpaired) electrons. The normalized spacial score (nSPS) is 19.3. The predicted octanol–water partition coefficient (Wildman–Crippen LogP) is 2.74. The van der Waals surface area contributed by atoms with Crippen LogP contribution < -0.4 is 9.47 Å². The minimum Gasteiger partial charge on any atom is -0.497 e. The van der Waals surface area contributed by atoms with Gasteiger partial charge in [-0.05, 0) is 12.1 Å². The summed E-state index contributed by atoms with van der Waals surface area (Å²) >= 11 is 3.58. The smallest absolute Gasteiger partial charge is 0.180 e. The quantitative estimate of drug-likeness (QED) is 0.794. The van der Waals surface area contributed by atoms with Gasteiger partial charge < -0.3 is 9.47 Å². The van der Waals surface area contributed by atoms with Crippen LogP contribution in [-0.4, -0.2) is 42.5 Å². The highest BCUT2D eigenvalue weighted by molar-refractivity contribution is 8.07. The van der Waals surface area contributed by atoms with Crippen molar-refractivity contribution in [1.29, 1.82) is 0 Å². The second kappa shape index (κ2) is 6.38. The van der Waals surface area contributed by atoms with Gasteiger partial charge in [-0.2, -0.15) is 11.8 Å². The fourth-order valence-electron chi connectivity index (χ4n) is 1.81. The zero-order valence-electron chi connectivity index (χ0n) is 10.5. The van der Waals surface area contributed by atoms with Crippen molar-refractivity contribution in [3.05, 3.63) is 23.8 Å². The maximum absolute atomic E-state index is 12.4. The number of carbonyl (C=O) groups excluding carboxylic acids is 1. The number of rotatable bonds is 4. The van der Waals surface area contributed by atoms with E-state index in [2.05, 4.69) is 0 Å². The molecule has 0 bridgehead atoms. The number of Topliss-reactive ketones (excluding diaryl/α,β-unsaturated/α-hetero) is 1. The molecule has 18 heavy (non-hydrogen) atoms. The Morgan fingerprint density at radius 1 is 1.28 bits per heavy atom. The Labute approximate surface area is 116 Å². The van der Waals surface area contributed by atoms with E-state index in [0.717, 1.165) is 17.3 Å². The van der Waals surface area contributed by atoms with E-state index in [1.165, 1.54) is 0 Å². The van der Waals surface area contributed by atoms with Crippen molar-refractivity contribution in [2.24, 2.45) is 0 Å². The van der Waals surface area contributed by atoms with Crippen molar-refractivity contribution in [3.63, 3.8) is 0 Å². The minimum atomic E-state index is 0.0473. The average molecular weight is 284 g/mol. The summed E-state index contributed by atoms with van der Waals surface area (Å²) in [6.45, 7) is 0. The first-order valence-electron chi connectivity index (χ1n) is 5.72. The molecule has 1 aliphatic heterocycles. The maximum Gasteiger partial charge on any atom is 0.180 e. The van der Waals surface area contributed by atoms with Gasteiger partial charge in [0.15, 0.2) is 5.78 Å². The van der Waals surface area contributed by atoms with Crippen molar-refractivity contribution in [3.8, 4) is 11.5 Å². The molecule has 98 valence electrons. The van der Waals surface area contributed by atoms with Crippen molar-refractivity contribution in [2.75, 3.05) is 31.5 Å². The molecule has 3 nitrogen and oxygen atoms in total. The Bertz CT molecular complexity index is 428. The lowest BCUT2D eigenvalue weighted by Gasteiger charge is -2.20. The van der Waals surface area contributed by atoms with E-state index >= 15 is 0 Å². The first kappa shape index (κ1) is 13.6. The van der Waals surface area contributed by atoms with Crippen LogP contribution in [-0.2, 0) is 0 Å². The van der Waals surface area contributed by atoms with Gasteiger partial charge in [-0.3, -0.25) is 4.79 Å². The van der Waals surface area contributed by atoms with Crippen molar-refractivity contribution < 1.29 is 14.3 Å². The number of ether oxygens (including phenoxy) is 2. The van der Waals surface area contributed by atoms with E-state index in [9.17, 15) is 4.79 Å². The van der Waals surface area contributed by atoms with Crippen molar-refractivity contribution in [2.45, 2.75) is 5.25 Å². The summed E-state index contributed by atoms with van der Waals surface area (Å²) in [6.07, 6.45) is 0. The number of thioether (sulfide) groups is 2. The molecule has 5 heteroatoms. The van der Waals surface area contributed by atoms with Gasteiger partial charge in [-0.25, -0.2) is 0 Å². The van der Waals surface area contributed by atoms with Crippen LogP contribution in [0.4, 0.5) is 0 Å². The van der Waals surface area contributed by atoms with E-state index < -0.39 is 0 Å². The van der Waals surface area contributed by atoms with E-state index in [1.807, 2.05) is 11.8 Å². The summed E-state index contributed by atoms with van der Waals surface area (Å²) in [5, 5.41) is 0.0473. The maximum atomic E-state index is 12.4. The number of hydrogen-bond acceptors (Lipinski definition) is 5. The molecule has 1 aromatic rings. The van der Waals surface area contributed by atoms with Crippen LogP contribution in [0.1, 0.15) is 10.4 Å². The van der Waals surface area contributed by atoms with Gasteiger partial charge in [0.1, 0.15) is 11.5 Å². The third-order valence-corrected chi connectivity index (χ3v) is 5.54. The molecule has 0 amide bonds. The van der Waals surface area contributed by atoms with Gasteiger partial charge in [-0.1, -0.05) is 0 Å². The van der Waals surface area contributed by atoms with Gasteiger partial charge in [-0.15, -0.1) is 11.8 Å². The largest absolute Gasteiger partial charge is 0.497 e. The molecule has 1 aliphatic rings. The van der Waals surface area contributed by atoms with Crippen LogP contribution in [0.2, 0.25) is 0 Å². The van der Waals surface area contributed by atoms with E-state index in [1.54, 1.807) is 44.2 Å². The lowest BCUT2D eigenvalue weighted by molar-refractivity contribution is 0.0992. The molecular weight excluding hydrogens is 268 g/mol. The minimum absolute atomic E-state index is 0.0473. The number of methoxy groups -OCH3 is 2. The van der Waals surface area contributed by atoms with Crippen molar-refractivity contribution >= 4 is 29.3 Å². The highest BCUT2D eigenvalue weighted by Crippen LogP contribution is 2.31. The number of benzene rings is 1. The lowest BCUT2D eigenvalue weighted by Crippen LogP contribution is -2.24.